The first kappa shape index (κ1) is 20.4. The predicted molar refractivity (Wildman–Crippen MR) is 109 cm³/mol. The molecule has 1 heterocycles. The zero-order valence-electron chi connectivity index (χ0n) is 16.7. The molecule has 1 aromatic rings. The van der Waals surface area contributed by atoms with Crippen LogP contribution < -0.4 is 0 Å². The number of allylic oxidation sites excluding steroid dienone is 3. The fraction of sp³-hybridized carbons (Fsp3) is 0.545. The van der Waals surface area contributed by atoms with Crippen molar-refractivity contribution in [2.45, 2.75) is 64.4 Å². The standard InChI is InChI=1S/C22H30FNO2S/c1-21(2,3)27(25)24-14-8-11-19(24)22(4)15-18(23)12-13-20(22)26-16-17-9-6-5-7-10-17/h5-7,9-10,12-13,19H,8,11,14-16H2,1-4H3/t19-,22?,27+/m1/s1. The predicted octanol–water partition coefficient (Wildman–Crippen LogP) is 5.28. The number of halogens is 1. The minimum Gasteiger partial charge on any atom is -0.597 e. The number of nitrogens with zero attached hydrogens (tertiary/aromatic N) is 1. The Morgan fingerprint density at radius 2 is 1.96 bits per heavy atom. The topological polar surface area (TPSA) is 35.5 Å². The maximum atomic E-state index is 14.3. The maximum absolute atomic E-state index is 14.3. The summed E-state index contributed by atoms with van der Waals surface area (Å²) in [5.74, 6) is 0.647. The van der Waals surface area contributed by atoms with E-state index in [0.29, 0.717) is 6.61 Å². The summed E-state index contributed by atoms with van der Waals surface area (Å²) in [5.41, 5.74) is 0.558. The van der Waals surface area contributed by atoms with Crippen molar-refractivity contribution in [2.24, 2.45) is 5.41 Å². The van der Waals surface area contributed by atoms with Crippen LogP contribution in [0.3, 0.4) is 0 Å². The van der Waals surface area contributed by atoms with Crippen LogP contribution in [0.5, 0.6) is 0 Å². The molecule has 0 radical (unpaired) electrons. The minimum atomic E-state index is -1.13. The molecule has 1 aliphatic heterocycles. The first-order valence-electron chi connectivity index (χ1n) is 9.64. The first-order chi connectivity index (χ1) is 12.7. The van der Waals surface area contributed by atoms with E-state index in [9.17, 15) is 8.94 Å². The first-order valence-corrected chi connectivity index (χ1v) is 10.7. The molecule has 3 atom stereocenters. The normalized spacial score (nSPS) is 27.9. The molecule has 27 heavy (non-hydrogen) atoms. The molecule has 0 N–H and O–H groups in total. The monoisotopic (exact) mass is 391 g/mol. The summed E-state index contributed by atoms with van der Waals surface area (Å²) in [5, 5.41) is 0. The lowest BCUT2D eigenvalue weighted by molar-refractivity contribution is 0.0755. The lowest BCUT2D eigenvalue weighted by atomic mass is 9.74. The van der Waals surface area contributed by atoms with Crippen LogP contribution >= 0.6 is 0 Å². The Morgan fingerprint density at radius 3 is 2.63 bits per heavy atom. The third-order valence-corrected chi connectivity index (χ3v) is 7.34. The van der Waals surface area contributed by atoms with Crippen molar-refractivity contribution in [2.75, 3.05) is 6.54 Å². The summed E-state index contributed by atoms with van der Waals surface area (Å²) in [4.78, 5) is 0. The molecule has 0 aromatic heterocycles. The number of hydrogen-bond acceptors (Lipinski definition) is 3. The Morgan fingerprint density at radius 1 is 1.26 bits per heavy atom. The largest absolute Gasteiger partial charge is 0.597 e. The van der Waals surface area contributed by atoms with Crippen LogP contribution in [0.25, 0.3) is 0 Å². The van der Waals surface area contributed by atoms with E-state index in [2.05, 4.69) is 11.2 Å². The SMILES string of the molecule is CC1([C@H]2CCCN2[S@@+]([O-])C(C)(C)C)CC(F)=CC=C1OCc1ccccc1. The molecule has 3 rings (SSSR count). The fourth-order valence-electron chi connectivity index (χ4n) is 4.01. The summed E-state index contributed by atoms with van der Waals surface area (Å²) in [6.45, 7) is 9.26. The Kier molecular flexibility index (Phi) is 6.04. The highest BCUT2D eigenvalue weighted by molar-refractivity contribution is 7.90. The van der Waals surface area contributed by atoms with E-state index in [0.717, 1.165) is 30.7 Å². The van der Waals surface area contributed by atoms with E-state index in [-0.39, 0.29) is 23.0 Å². The van der Waals surface area contributed by atoms with Gasteiger partial charge >= 0.3 is 0 Å². The Hall–Kier alpha value is -1.30. The van der Waals surface area contributed by atoms with Gasteiger partial charge in [0.25, 0.3) is 0 Å². The van der Waals surface area contributed by atoms with Gasteiger partial charge in [0.2, 0.25) is 0 Å². The molecule has 5 heteroatoms. The van der Waals surface area contributed by atoms with Crippen LogP contribution in [0.15, 0.2) is 54.1 Å². The van der Waals surface area contributed by atoms with Gasteiger partial charge in [-0.1, -0.05) is 37.3 Å². The second-order valence-corrected chi connectivity index (χ2v) is 10.9. The minimum absolute atomic E-state index is 0.000897. The summed E-state index contributed by atoms with van der Waals surface area (Å²) < 4.78 is 35.3. The van der Waals surface area contributed by atoms with Gasteiger partial charge in [0.05, 0.1) is 11.5 Å². The zero-order chi connectivity index (χ0) is 19.7. The van der Waals surface area contributed by atoms with Crippen molar-refractivity contribution in [3.8, 4) is 0 Å². The van der Waals surface area contributed by atoms with E-state index in [1.54, 1.807) is 6.08 Å². The molecule has 1 fully saturated rings. The van der Waals surface area contributed by atoms with Crippen molar-refractivity contribution in [3.05, 3.63) is 59.6 Å². The van der Waals surface area contributed by atoms with E-state index in [4.69, 9.17) is 4.74 Å². The van der Waals surface area contributed by atoms with Crippen molar-refractivity contribution in [3.63, 3.8) is 0 Å². The maximum Gasteiger partial charge on any atom is 0.137 e. The van der Waals surface area contributed by atoms with Gasteiger partial charge in [-0.3, -0.25) is 0 Å². The highest BCUT2D eigenvalue weighted by Crippen LogP contribution is 2.48. The van der Waals surface area contributed by atoms with Gasteiger partial charge in [0.15, 0.2) is 0 Å². The lowest BCUT2D eigenvalue weighted by Gasteiger charge is -2.43. The van der Waals surface area contributed by atoms with Crippen LogP contribution in [-0.4, -0.2) is 26.2 Å². The molecule has 0 bridgehead atoms. The molecular formula is C22H30FNO2S. The third-order valence-electron chi connectivity index (χ3n) is 5.43. The van der Waals surface area contributed by atoms with Crippen LogP contribution in [0.2, 0.25) is 0 Å². The summed E-state index contributed by atoms with van der Waals surface area (Å²) in [7, 11) is 0. The van der Waals surface area contributed by atoms with Crippen molar-refractivity contribution >= 4 is 11.4 Å². The molecule has 3 nitrogen and oxygen atoms in total. The number of benzene rings is 1. The molecule has 0 amide bonds. The summed E-state index contributed by atoms with van der Waals surface area (Å²) in [6, 6.07) is 9.99. The van der Waals surface area contributed by atoms with Gasteiger partial charge in [-0.15, -0.1) is 4.31 Å². The lowest BCUT2D eigenvalue weighted by Crippen LogP contribution is -2.52. The van der Waals surface area contributed by atoms with Gasteiger partial charge in [0.1, 0.15) is 22.9 Å². The Balaban J connectivity index is 1.84. The van der Waals surface area contributed by atoms with Gasteiger partial charge < -0.3 is 9.29 Å². The summed E-state index contributed by atoms with van der Waals surface area (Å²) in [6.07, 6.45) is 5.42. The number of hydrogen-bond donors (Lipinski definition) is 0. The van der Waals surface area contributed by atoms with Gasteiger partial charge in [-0.25, -0.2) is 4.39 Å². The highest BCUT2D eigenvalue weighted by atomic mass is 32.2. The molecule has 1 unspecified atom stereocenters. The smallest absolute Gasteiger partial charge is 0.137 e. The fourth-order valence-corrected chi connectivity index (χ4v) is 5.58. The van der Waals surface area contributed by atoms with E-state index in [1.807, 2.05) is 51.1 Å². The summed E-state index contributed by atoms with van der Waals surface area (Å²) >= 11 is -1.13. The number of ether oxygens (including phenoxy) is 1. The molecule has 0 saturated carbocycles. The van der Waals surface area contributed by atoms with Crippen LogP contribution in [0.4, 0.5) is 4.39 Å². The molecule has 1 saturated heterocycles. The van der Waals surface area contributed by atoms with Gasteiger partial charge in [0, 0.05) is 24.3 Å². The zero-order valence-corrected chi connectivity index (χ0v) is 17.5. The average Bonchev–Trinajstić information content (AvgIpc) is 3.10. The Bertz CT molecular complexity index is 713. The van der Waals surface area contributed by atoms with Crippen molar-refractivity contribution in [1.29, 1.82) is 0 Å². The van der Waals surface area contributed by atoms with E-state index >= 15 is 0 Å². The van der Waals surface area contributed by atoms with E-state index in [1.165, 1.54) is 6.08 Å². The molecular weight excluding hydrogens is 361 g/mol. The second-order valence-electron chi connectivity index (χ2n) is 8.67. The Labute approximate surface area is 165 Å². The average molecular weight is 392 g/mol. The molecule has 148 valence electrons. The highest BCUT2D eigenvalue weighted by Gasteiger charge is 2.52. The molecule has 1 aromatic carbocycles. The van der Waals surface area contributed by atoms with Gasteiger partial charge in [-0.05, 0) is 51.3 Å². The van der Waals surface area contributed by atoms with E-state index < -0.39 is 16.8 Å². The molecule has 0 spiro atoms. The molecule has 2 aliphatic rings. The van der Waals surface area contributed by atoms with Crippen LogP contribution in [-0.2, 0) is 22.7 Å². The molecule has 1 aliphatic carbocycles. The van der Waals surface area contributed by atoms with Gasteiger partial charge in [-0.2, -0.15) is 0 Å². The quantitative estimate of drug-likeness (QED) is 0.641. The van der Waals surface area contributed by atoms with Crippen molar-refractivity contribution < 1.29 is 13.7 Å². The number of rotatable bonds is 5. The van der Waals surface area contributed by atoms with Crippen LogP contribution in [0.1, 0.15) is 52.5 Å². The third kappa shape index (κ3) is 4.41. The second kappa shape index (κ2) is 7.98. The van der Waals surface area contributed by atoms with Crippen LogP contribution in [0, 0.1) is 5.41 Å². The van der Waals surface area contributed by atoms with Crippen molar-refractivity contribution in [1.82, 2.24) is 4.31 Å².